The molecule has 3 heterocycles. The van der Waals surface area contributed by atoms with Crippen molar-refractivity contribution >= 4 is 46.2 Å². The summed E-state index contributed by atoms with van der Waals surface area (Å²) >= 11 is 2.71. The fourth-order valence-corrected chi connectivity index (χ4v) is 4.58. The Labute approximate surface area is 163 Å². The van der Waals surface area contributed by atoms with Crippen molar-refractivity contribution in [2.75, 3.05) is 4.90 Å². The van der Waals surface area contributed by atoms with Crippen molar-refractivity contribution in [1.82, 2.24) is 0 Å². The SMILES string of the molecule is N#Cc1ccc(N2C(=O)C(SCc3ccco3)=C(c3cccs3)C2=O)cc1. The standard InChI is InChI=1S/C20H12N2O3S2/c21-11-13-5-7-14(8-6-13)22-19(23)17(16-4-2-10-26-16)18(20(22)24)27-12-15-3-1-9-25-15/h1-10H,12H2. The molecule has 0 unspecified atom stereocenters. The van der Waals surface area contributed by atoms with Crippen LogP contribution in [0.5, 0.6) is 0 Å². The van der Waals surface area contributed by atoms with Gasteiger partial charge in [-0.25, -0.2) is 4.90 Å². The van der Waals surface area contributed by atoms with E-state index < -0.39 is 0 Å². The van der Waals surface area contributed by atoms with Crippen LogP contribution >= 0.6 is 23.1 Å². The summed E-state index contributed by atoms with van der Waals surface area (Å²) in [6.07, 6.45) is 1.58. The molecule has 2 aromatic heterocycles. The van der Waals surface area contributed by atoms with Gasteiger partial charge in [0, 0.05) is 4.88 Å². The quantitative estimate of drug-likeness (QED) is 0.601. The number of thioether (sulfide) groups is 1. The molecule has 0 bridgehead atoms. The van der Waals surface area contributed by atoms with Crippen LogP contribution in [0.25, 0.3) is 5.57 Å². The van der Waals surface area contributed by atoms with Crippen molar-refractivity contribution in [2.45, 2.75) is 5.75 Å². The number of anilines is 1. The van der Waals surface area contributed by atoms with Crippen molar-refractivity contribution in [3.05, 3.63) is 81.3 Å². The number of nitrogens with zero attached hydrogens (tertiary/aromatic N) is 2. The Hall–Kier alpha value is -3.08. The first-order valence-electron chi connectivity index (χ1n) is 8.01. The molecular weight excluding hydrogens is 380 g/mol. The number of thiophene rings is 1. The van der Waals surface area contributed by atoms with Crippen molar-refractivity contribution in [2.24, 2.45) is 0 Å². The molecule has 5 nitrogen and oxygen atoms in total. The number of carbonyl (C=O) groups is 2. The number of carbonyl (C=O) groups excluding carboxylic acids is 2. The molecule has 1 aliphatic heterocycles. The lowest BCUT2D eigenvalue weighted by Gasteiger charge is -2.15. The van der Waals surface area contributed by atoms with E-state index in [1.54, 1.807) is 36.6 Å². The number of hydrogen-bond donors (Lipinski definition) is 0. The average molecular weight is 392 g/mol. The first-order valence-corrected chi connectivity index (χ1v) is 9.88. The molecule has 1 aliphatic rings. The Morgan fingerprint density at radius 2 is 1.89 bits per heavy atom. The largest absolute Gasteiger partial charge is 0.468 e. The van der Waals surface area contributed by atoms with Crippen LogP contribution < -0.4 is 4.90 Å². The van der Waals surface area contributed by atoms with E-state index >= 15 is 0 Å². The topological polar surface area (TPSA) is 74.3 Å². The zero-order valence-corrected chi connectivity index (χ0v) is 15.5. The minimum absolute atomic E-state index is 0.353. The molecule has 7 heteroatoms. The van der Waals surface area contributed by atoms with E-state index in [1.165, 1.54) is 28.0 Å². The monoisotopic (exact) mass is 392 g/mol. The molecule has 0 atom stereocenters. The van der Waals surface area contributed by atoms with Crippen LogP contribution in [0.15, 0.2) is 69.5 Å². The van der Waals surface area contributed by atoms with Gasteiger partial charge < -0.3 is 4.42 Å². The molecule has 0 spiro atoms. The number of benzene rings is 1. The molecule has 0 saturated carbocycles. The van der Waals surface area contributed by atoms with Crippen LogP contribution in [0.3, 0.4) is 0 Å². The summed E-state index contributed by atoms with van der Waals surface area (Å²) in [6, 6.07) is 15.7. The van der Waals surface area contributed by atoms with Gasteiger partial charge in [-0.2, -0.15) is 5.26 Å². The van der Waals surface area contributed by atoms with E-state index in [4.69, 9.17) is 9.68 Å². The Balaban J connectivity index is 1.71. The summed E-state index contributed by atoms with van der Waals surface area (Å²) in [4.78, 5) is 28.5. The number of furan rings is 1. The second-order valence-electron chi connectivity index (χ2n) is 5.65. The second kappa shape index (κ2) is 7.27. The van der Waals surface area contributed by atoms with Gasteiger partial charge in [0.25, 0.3) is 11.8 Å². The fraction of sp³-hybridized carbons (Fsp3) is 0.0500. The molecule has 4 rings (SSSR count). The molecule has 2 amide bonds. The van der Waals surface area contributed by atoms with Gasteiger partial charge in [-0.15, -0.1) is 23.1 Å². The molecule has 1 aromatic carbocycles. The lowest BCUT2D eigenvalue weighted by molar-refractivity contribution is -0.119. The Morgan fingerprint density at radius 1 is 1.07 bits per heavy atom. The lowest BCUT2D eigenvalue weighted by Crippen LogP contribution is -2.31. The molecular formula is C20H12N2O3S2. The van der Waals surface area contributed by atoms with Crippen LogP contribution in [0.2, 0.25) is 0 Å². The van der Waals surface area contributed by atoms with Crippen LogP contribution in [0, 0.1) is 11.3 Å². The van der Waals surface area contributed by atoms with Crippen LogP contribution in [0.4, 0.5) is 5.69 Å². The Bertz CT molecular complexity index is 1060. The molecule has 0 radical (unpaired) electrons. The van der Waals surface area contributed by atoms with Gasteiger partial charge in [0.1, 0.15) is 5.76 Å². The van der Waals surface area contributed by atoms with E-state index in [-0.39, 0.29) is 11.8 Å². The minimum atomic E-state index is -0.357. The number of imide groups is 1. The summed E-state index contributed by atoms with van der Waals surface area (Å²) < 4.78 is 5.34. The van der Waals surface area contributed by atoms with Gasteiger partial charge in [0.2, 0.25) is 0 Å². The second-order valence-corrected chi connectivity index (χ2v) is 7.59. The van der Waals surface area contributed by atoms with Crippen molar-refractivity contribution < 1.29 is 14.0 Å². The van der Waals surface area contributed by atoms with E-state index in [0.717, 1.165) is 10.6 Å². The zero-order valence-electron chi connectivity index (χ0n) is 13.9. The van der Waals surface area contributed by atoms with E-state index in [2.05, 4.69) is 0 Å². The van der Waals surface area contributed by atoms with Gasteiger partial charge in [0.15, 0.2) is 0 Å². The molecule has 0 aliphatic carbocycles. The normalized spacial score (nSPS) is 14.1. The predicted octanol–water partition coefficient (Wildman–Crippen LogP) is 4.43. The molecule has 132 valence electrons. The zero-order chi connectivity index (χ0) is 18.8. The van der Waals surface area contributed by atoms with Gasteiger partial charge in [0.05, 0.1) is 39.8 Å². The van der Waals surface area contributed by atoms with E-state index in [0.29, 0.717) is 27.5 Å². The highest BCUT2D eigenvalue weighted by Crippen LogP contribution is 2.40. The molecule has 0 fully saturated rings. The highest BCUT2D eigenvalue weighted by atomic mass is 32.2. The third kappa shape index (κ3) is 3.21. The summed E-state index contributed by atoms with van der Waals surface area (Å²) in [5.74, 6) is 0.478. The van der Waals surface area contributed by atoms with Crippen molar-refractivity contribution in [3.8, 4) is 6.07 Å². The van der Waals surface area contributed by atoms with Gasteiger partial charge >= 0.3 is 0 Å². The van der Waals surface area contributed by atoms with Crippen LogP contribution in [-0.2, 0) is 15.3 Å². The minimum Gasteiger partial charge on any atom is -0.468 e. The average Bonchev–Trinajstić information content (AvgIpc) is 3.42. The maximum absolute atomic E-state index is 13.1. The lowest BCUT2D eigenvalue weighted by atomic mass is 10.2. The number of rotatable bonds is 5. The fourth-order valence-electron chi connectivity index (χ4n) is 2.74. The summed E-state index contributed by atoms with van der Waals surface area (Å²) in [5.41, 5.74) is 1.33. The van der Waals surface area contributed by atoms with Crippen LogP contribution in [-0.4, -0.2) is 11.8 Å². The number of nitriles is 1. The maximum atomic E-state index is 13.1. The van der Waals surface area contributed by atoms with Gasteiger partial charge in [-0.1, -0.05) is 6.07 Å². The third-order valence-corrected chi connectivity index (χ3v) is 5.99. The molecule has 0 saturated heterocycles. The first kappa shape index (κ1) is 17.3. The number of hydrogen-bond acceptors (Lipinski definition) is 6. The van der Waals surface area contributed by atoms with Gasteiger partial charge in [-0.05, 0) is 47.8 Å². The predicted molar refractivity (Wildman–Crippen MR) is 105 cm³/mol. The van der Waals surface area contributed by atoms with Crippen molar-refractivity contribution in [3.63, 3.8) is 0 Å². The van der Waals surface area contributed by atoms with E-state index in [9.17, 15) is 9.59 Å². The number of amides is 2. The van der Waals surface area contributed by atoms with Crippen LogP contribution in [0.1, 0.15) is 16.2 Å². The molecule has 3 aromatic rings. The summed E-state index contributed by atoms with van der Waals surface area (Å²) in [6.45, 7) is 0. The molecule has 0 N–H and O–H groups in total. The van der Waals surface area contributed by atoms with Gasteiger partial charge in [-0.3, -0.25) is 9.59 Å². The summed E-state index contributed by atoms with van der Waals surface area (Å²) in [5, 5.41) is 10.8. The summed E-state index contributed by atoms with van der Waals surface area (Å²) in [7, 11) is 0. The highest BCUT2D eigenvalue weighted by Gasteiger charge is 2.40. The maximum Gasteiger partial charge on any atom is 0.272 e. The Morgan fingerprint density at radius 3 is 2.52 bits per heavy atom. The third-order valence-electron chi connectivity index (χ3n) is 4.00. The van der Waals surface area contributed by atoms with Crippen molar-refractivity contribution in [1.29, 1.82) is 5.26 Å². The first-order chi connectivity index (χ1) is 13.2. The highest BCUT2D eigenvalue weighted by molar-refractivity contribution is 8.03. The Kier molecular flexibility index (Phi) is 4.67. The smallest absolute Gasteiger partial charge is 0.272 e. The molecule has 27 heavy (non-hydrogen) atoms. The van der Waals surface area contributed by atoms with E-state index in [1.807, 2.05) is 29.6 Å².